The SMILES string of the molecule is CCC(Oc1ccc(C)c(C)c1)C(=O)Nc1cc(C)ccc1C. The van der Waals surface area contributed by atoms with Gasteiger partial charge in [0, 0.05) is 5.69 Å². The van der Waals surface area contributed by atoms with Crippen LogP contribution in [-0.4, -0.2) is 12.0 Å². The number of hydrogen-bond donors (Lipinski definition) is 1. The fourth-order valence-electron chi connectivity index (χ4n) is 2.36. The highest BCUT2D eigenvalue weighted by Crippen LogP contribution is 2.20. The van der Waals surface area contributed by atoms with Gasteiger partial charge in [0.1, 0.15) is 5.75 Å². The van der Waals surface area contributed by atoms with E-state index < -0.39 is 6.10 Å². The molecule has 1 amide bonds. The summed E-state index contributed by atoms with van der Waals surface area (Å²) in [4.78, 5) is 12.5. The van der Waals surface area contributed by atoms with Crippen molar-refractivity contribution in [3.8, 4) is 5.75 Å². The quantitative estimate of drug-likeness (QED) is 0.868. The summed E-state index contributed by atoms with van der Waals surface area (Å²) in [5, 5.41) is 2.98. The highest BCUT2D eigenvalue weighted by Gasteiger charge is 2.19. The van der Waals surface area contributed by atoms with Crippen molar-refractivity contribution in [2.75, 3.05) is 5.32 Å². The molecule has 0 fully saturated rings. The van der Waals surface area contributed by atoms with E-state index in [1.807, 2.05) is 64.1 Å². The molecular weight excluding hydrogens is 286 g/mol. The van der Waals surface area contributed by atoms with Gasteiger partial charge in [0.05, 0.1) is 0 Å². The second-order valence-corrected chi connectivity index (χ2v) is 6.07. The minimum absolute atomic E-state index is 0.112. The predicted molar refractivity (Wildman–Crippen MR) is 95.2 cm³/mol. The molecule has 122 valence electrons. The number of carbonyl (C=O) groups excluding carboxylic acids is 1. The van der Waals surface area contributed by atoms with Crippen molar-refractivity contribution in [1.82, 2.24) is 0 Å². The first-order chi connectivity index (χ1) is 10.9. The molecule has 0 saturated carbocycles. The van der Waals surface area contributed by atoms with Crippen LogP contribution < -0.4 is 10.1 Å². The molecular formula is C20H25NO2. The van der Waals surface area contributed by atoms with Crippen LogP contribution in [0.3, 0.4) is 0 Å². The monoisotopic (exact) mass is 311 g/mol. The second kappa shape index (κ2) is 7.32. The molecule has 0 aliphatic rings. The van der Waals surface area contributed by atoms with Crippen molar-refractivity contribution in [2.24, 2.45) is 0 Å². The topological polar surface area (TPSA) is 38.3 Å². The van der Waals surface area contributed by atoms with Crippen molar-refractivity contribution in [1.29, 1.82) is 0 Å². The number of carbonyl (C=O) groups is 1. The Labute approximate surface area is 138 Å². The van der Waals surface area contributed by atoms with Gasteiger partial charge in [-0.1, -0.05) is 25.1 Å². The van der Waals surface area contributed by atoms with Crippen LogP contribution in [0.25, 0.3) is 0 Å². The Morgan fingerprint density at radius 2 is 1.70 bits per heavy atom. The number of anilines is 1. The van der Waals surface area contributed by atoms with Crippen LogP contribution in [0.1, 0.15) is 35.6 Å². The number of ether oxygens (including phenoxy) is 1. The van der Waals surface area contributed by atoms with Crippen molar-refractivity contribution in [3.05, 3.63) is 58.7 Å². The van der Waals surface area contributed by atoms with Crippen LogP contribution >= 0.6 is 0 Å². The molecule has 0 radical (unpaired) electrons. The Morgan fingerprint density at radius 3 is 2.35 bits per heavy atom. The van der Waals surface area contributed by atoms with Gasteiger partial charge < -0.3 is 10.1 Å². The molecule has 0 saturated heterocycles. The first-order valence-electron chi connectivity index (χ1n) is 8.02. The average molecular weight is 311 g/mol. The molecule has 0 spiro atoms. The molecule has 3 heteroatoms. The standard InChI is InChI=1S/C20H25NO2/c1-6-19(23-17-10-9-14(3)16(5)12-17)20(22)21-18-11-13(2)7-8-15(18)4/h7-12,19H,6H2,1-5H3,(H,21,22). The van der Waals surface area contributed by atoms with Crippen molar-refractivity contribution >= 4 is 11.6 Å². The third kappa shape index (κ3) is 4.35. The molecule has 1 unspecified atom stereocenters. The Bertz CT molecular complexity index is 707. The zero-order valence-electron chi connectivity index (χ0n) is 14.6. The van der Waals surface area contributed by atoms with Crippen molar-refractivity contribution < 1.29 is 9.53 Å². The molecule has 1 N–H and O–H groups in total. The lowest BCUT2D eigenvalue weighted by atomic mass is 10.1. The van der Waals surface area contributed by atoms with Gasteiger partial charge in [-0.25, -0.2) is 0 Å². The van der Waals surface area contributed by atoms with E-state index in [1.54, 1.807) is 0 Å². The van der Waals surface area contributed by atoms with Crippen LogP contribution in [0.2, 0.25) is 0 Å². The van der Waals surface area contributed by atoms with Crippen LogP contribution in [-0.2, 0) is 4.79 Å². The molecule has 1 atom stereocenters. The third-order valence-electron chi connectivity index (χ3n) is 4.07. The van der Waals surface area contributed by atoms with Gasteiger partial charge >= 0.3 is 0 Å². The van der Waals surface area contributed by atoms with Gasteiger partial charge in [-0.2, -0.15) is 0 Å². The number of aryl methyl sites for hydroxylation is 4. The highest BCUT2D eigenvalue weighted by molar-refractivity contribution is 5.95. The smallest absolute Gasteiger partial charge is 0.265 e. The molecule has 2 aromatic rings. The van der Waals surface area contributed by atoms with E-state index in [1.165, 1.54) is 5.56 Å². The number of nitrogens with one attached hydrogen (secondary N) is 1. The Morgan fingerprint density at radius 1 is 1.00 bits per heavy atom. The van der Waals surface area contributed by atoms with Crippen molar-refractivity contribution in [2.45, 2.75) is 47.1 Å². The van der Waals surface area contributed by atoms with E-state index >= 15 is 0 Å². The Kier molecular flexibility index (Phi) is 5.43. The maximum Gasteiger partial charge on any atom is 0.265 e. The third-order valence-corrected chi connectivity index (χ3v) is 4.07. The van der Waals surface area contributed by atoms with Gasteiger partial charge in [0.2, 0.25) is 0 Å². The van der Waals surface area contributed by atoms with E-state index in [-0.39, 0.29) is 5.91 Å². The van der Waals surface area contributed by atoms with Crippen LogP contribution in [0, 0.1) is 27.7 Å². The van der Waals surface area contributed by atoms with Gasteiger partial charge in [-0.15, -0.1) is 0 Å². The lowest BCUT2D eigenvalue weighted by Crippen LogP contribution is -2.32. The molecule has 0 bridgehead atoms. The number of amides is 1. The molecule has 0 aromatic heterocycles. The Hall–Kier alpha value is -2.29. The van der Waals surface area contributed by atoms with Crippen LogP contribution in [0.4, 0.5) is 5.69 Å². The summed E-state index contributed by atoms with van der Waals surface area (Å²) in [6.07, 6.45) is 0.112. The molecule has 3 nitrogen and oxygen atoms in total. The molecule has 0 aliphatic carbocycles. The molecule has 0 heterocycles. The number of rotatable bonds is 5. The minimum atomic E-state index is -0.503. The predicted octanol–water partition coefficient (Wildman–Crippen LogP) is 4.72. The zero-order valence-corrected chi connectivity index (χ0v) is 14.6. The zero-order chi connectivity index (χ0) is 17.0. The maximum atomic E-state index is 12.5. The highest BCUT2D eigenvalue weighted by atomic mass is 16.5. The molecule has 23 heavy (non-hydrogen) atoms. The second-order valence-electron chi connectivity index (χ2n) is 6.07. The van der Waals surface area contributed by atoms with E-state index in [4.69, 9.17) is 4.74 Å². The molecule has 2 rings (SSSR count). The van der Waals surface area contributed by atoms with Crippen molar-refractivity contribution in [3.63, 3.8) is 0 Å². The van der Waals surface area contributed by atoms with Gasteiger partial charge in [-0.05, 0) is 74.6 Å². The lowest BCUT2D eigenvalue weighted by Gasteiger charge is -2.19. The van der Waals surface area contributed by atoms with E-state index in [2.05, 4.69) is 12.2 Å². The van der Waals surface area contributed by atoms with Gasteiger partial charge in [-0.3, -0.25) is 4.79 Å². The van der Waals surface area contributed by atoms with E-state index in [9.17, 15) is 4.79 Å². The summed E-state index contributed by atoms with van der Waals surface area (Å²) in [7, 11) is 0. The lowest BCUT2D eigenvalue weighted by molar-refractivity contribution is -0.122. The first kappa shape index (κ1) is 17.1. The van der Waals surface area contributed by atoms with Crippen LogP contribution in [0.5, 0.6) is 5.75 Å². The van der Waals surface area contributed by atoms with Crippen LogP contribution in [0.15, 0.2) is 36.4 Å². The summed E-state index contributed by atoms with van der Waals surface area (Å²) >= 11 is 0. The first-order valence-corrected chi connectivity index (χ1v) is 8.02. The Balaban J connectivity index is 2.11. The van der Waals surface area contributed by atoms with E-state index in [0.29, 0.717) is 6.42 Å². The summed E-state index contributed by atoms with van der Waals surface area (Å²) in [5.74, 6) is 0.621. The number of benzene rings is 2. The molecule has 0 aliphatic heterocycles. The number of hydrogen-bond acceptors (Lipinski definition) is 2. The normalized spacial score (nSPS) is 11.9. The minimum Gasteiger partial charge on any atom is -0.481 e. The molecule has 2 aromatic carbocycles. The largest absolute Gasteiger partial charge is 0.481 e. The van der Waals surface area contributed by atoms with Gasteiger partial charge in [0.25, 0.3) is 5.91 Å². The fraction of sp³-hybridized carbons (Fsp3) is 0.350. The fourth-order valence-corrected chi connectivity index (χ4v) is 2.36. The van der Waals surface area contributed by atoms with E-state index in [0.717, 1.165) is 28.1 Å². The average Bonchev–Trinajstić information content (AvgIpc) is 2.51. The maximum absolute atomic E-state index is 12.5. The summed E-state index contributed by atoms with van der Waals surface area (Å²) in [5.41, 5.74) is 5.38. The summed E-state index contributed by atoms with van der Waals surface area (Å²) in [6, 6.07) is 11.9. The van der Waals surface area contributed by atoms with Gasteiger partial charge in [0.15, 0.2) is 6.10 Å². The summed E-state index contributed by atoms with van der Waals surface area (Å²) in [6.45, 7) is 10.1. The summed E-state index contributed by atoms with van der Waals surface area (Å²) < 4.78 is 5.89.